The number of carbonyl (C=O) groups is 2. The largest absolute Gasteiger partial charge is 0.350 e. The summed E-state index contributed by atoms with van der Waals surface area (Å²) in [5, 5.41) is 5.67. The molecule has 4 N–H and O–H groups in total. The monoisotopic (exact) mass is 341 g/mol. The van der Waals surface area contributed by atoms with E-state index < -0.39 is 5.54 Å². The van der Waals surface area contributed by atoms with E-state index in [0.717, 1.165) is 11.3 Å². The van der Waals surface area contributed by atoms with Gasteiger partial charge in [-0.2, -0.15) is 0 Å². The molecule has 0 aliphatic rings. The first-order chi connectivity index (χ1) is 10.1. The molecule has 0 heterocycles. The number of rotatable bonds is 6. The fourth-order valence-electron chi connectivity index (χ4n) is 1.93. The fourth-order valence-corrected chi connectivity index (χ4v) is 1.93. The zero-order valence-electron chi connectivity index (χ0n) is 14.5. The molecule has 0 spiro atoms. The van der Waals surface area contributed by atoms with Gasteiger partial charge in [-0.1, -0.05) is 13.8 Å². The van der Waals surface area contributed by atoms with Gasteiger partial charge in [0.1, 0.15) is 0 Å². The second-order valence-corrected chi connectivity index (χ2v) is 6.85. The van der Waals surface area contributed by atoms with E-state index in [0.29, 0.717) is 24.4 Å². The quantitative estimate of drug-likeness (QED) is 0.743. The molecule has 0 atom stereocenters. The molecular weight excluding hydrogens is 314 g/mol. The molecule has 0 aliphatic heterocycles. The zero-order valence-corrected chi connectivity index (χ0v) is 15.3. The Labute approximate surface area is 144 Å². The van der Waals surface area contributed by atoms with Gasteiger partial charge in [-0.25, -0.2) is 0 Å². The van der Waals surface area contributed by atoms with Crippen LogP contribution in [0.1, 0.15) is 50.0 Å². The van der Waals surface area contributed by atoms with Crippen LogP contribution in [0.3, 0.4) is 0 Å². The third kappa shape index (κ3) is 8.00. The van der Waals surface area contributed by atoms with E-state index in [9.17, 15) is 9.59 Å². The Balaban J connectivity index is 0.00000484. The summed E-state index contributed by atoms with van der Waals surface area (Å²) < 4.78 is 0. The molecule has 5 nitrogen and oxygen atoms in total. The Kier molecular flexibility index (Phi) is 8.28. The molecule has 0 aliphatic carbocycles. The molecule has 1 rings (SSSR count). The van der Waals surface area contributed by atoms with E-state index >= 15 is 0 Å². The van der Waals surface area contributed by atoms with Crippen LogP contribution in [0.5, 0.6) is 0 Å². The van der Waals surface area contributed by atoms with Crippen molar-refractivity contribution >= 4 is 29.9 Å². The Hall–Kier alpha value is -1.59. The second-order valence-electron chi connectivity index (χ2n) is 6.85. The lowest BCUT2D eigenvalue weighted by molar-refractivity contribution is -0.116. The first-order valence-corrected chi connectivity index (χ1v) is 7.56. The van der Waals surface area contributed by atoms with Crippen molar-refractivity contribution in [2.45, 2.75) is 46.6 Å². The van der Waals surface area contributed by atoms with Crippen LogP contribution in [0.25, 0.3) is 0 Å². The van der Waals surface area contributed by atoms with Crippen LogP contribution in [-0.2, 0) is 4.79 Å². The molecular formula is C17H28ClN3O2. The Morgan fingerprint density at radius 3 is 2.35 bits per heavy atom. The van der Waals surface area contributed by atoms with Crippen LogP contribution in [-0.4, -0.2) is 23.9 Å². The molecule has 6 heteroatoms. The average Bonchev–Trinajstić information content (AvgIpc) is 2.36. The van der Waals surface area contributed by atoms with Crippen LogP contribution < -0.4 is 16.4 Å². The number of nitrogens with one attached hydrogen (secondary N) is 2. The molecule has 0 radical (unpaired) electrons. The number of aryl methyl sites for hydroxylation is 1. The maximum atomic E-state index is 12.1. The molecule has 0 fully saturated rings. The van der Waals surface area contributed by atoms with Crippen molar-refractivity contribution in [2.24, 2.45) is 11.7 Å². The van der Waals surface area contributed by atoms with Gasteiger partial charge < -0.3 is 16.4 Å². The summed E-state index contributed by atoms with van der Waals surface area (Å²) in [5.74, 6) is 0.131. The predicted octanol–water partition coefficient (Wildman–Crippen LogP) is 2.87. The van der Waals surface area contributed by atoms with E-state index in [1.54, 1.807) is 18.2 Å². The summed E-state index contributed by atoms with van der Waals surface area (Å²) in [6, 6.07) is 5.23. The molecule has 1 aromatic carbocycles. The summed E-state index contributed by atoms with van der Waals surface area (Å²) in [6.45, 7) is 9.97. The van der Waals surface area contributed by atoms with Gasteiger partial charge in [0.05, 0.1) is 0 Å². The number of anilines is 1. The zero-order chi connectivity index (χ0) is 16.9. The number of halogens is 1. The minimum absolute atomic E-state index is 0. The second kappa shape index (κ2) is 8.89. The first-order valence-electron chi connectivity index (χ1n) is 7.56. The van der Waals surface area contributed by atoms with Gasteiger partial charge in [0, 0.05) is 29.8 Å². The molecule has 0 aromatic heterocycles. The van der Waals surface area contributed by atoms with E-state index in [-0.39, 0.29) is 24.2 Å². The van der Waals surface area contributed by atoms with Gasteiger partial charge in [-0.15, -0.1) is 12.4 Å². The lowest BCUT2D eigenvalue weighted by atomic mass is 10.1. The molecule has 23 heavy (non-hydrogen) atoms. The summed E-state index contributed by atoms with van der Waals surface area (Å²) in [4.78, 5) is 23.9. The highest BCUT2D eigenvalue weighted by atomic mass is 35.5. The lowest BCUT2D eigenvalue weighted by Crippen LogP contribution is -2.45. The van der Waals surface area contributed by atoms with Crippen molar-refractivity contribution in [3.8, 4) is 0 Å². The van der Waals surface area contributed by atoms with Gasteiger partial charge >= 0.3 is 0 Å². The Bertz CT molecular complexity index is 551. The van der Waals surface area contributed by atoms with Gasteiger partial charge in [0.2, 0.25) is 5.91 Å². The number of hydrogen-bond acceptors (Lipinski definition) is 3. The average molecular weight is 342 g/mol. The van der Waals surface area contributed by atoms with E-state index in [4.69, 9.17) is 5.73 Å². The summed E-state index contributed by atoms with van der Waals surface area (Å²) in [6.07, 6.45) is 0.479. The highest BCUT2D eigenvalue weighted by Crippen LogP contribution is 2.17. The summed E-state index contributed by atoms with van der Waals surface area (Å²) in [7, 11) is 0. The topological polar surface area (TPSA) is 84.2 Å². The lowest BCUT2D eigenvalue weighted by Gasteiger charge is -2.19. The predicted molar refractivity (Wildman–Crippen MR) is 97.1 cm³/mol. The number of carbonyl (C=O) groups excluding carboxylic acids is 2. The standard InChI is InChI=1S/C17H27N3O2.ClH/c1-11(2)8-15(21)20-14-7-6-13(9-12(14)3)16(22)19-10-17(4,5)18;/h6-7,9,11H,8,10,18H2,1-5H3,(H,19,22)(H,20,21);1H. The summed E-state index contributed by atoms with van der Waals surface area (Å²) >= 11 is 0. The van der Waals surface area contributed by atoms with Crippen LogP contribution in [0.4, 0.5) is 5.69 Å². The highest BCUT2D eigenvalue weighted by molar-refractivity contribution is 5.96. The minimum atomic E-state index is -0.449. The maximum absolute atomic E-state index is 12.1. The van der Waals surface area contributed by atoms with Gasteiger partial charge in [-0.05, 0) is 50.5 Å². The van der Waals surface area contributed by atoms with Crippen LogP contribution in [0.2, 0.25) is 0 Å². The van der Waals surface area contributed by atoms with Gasteiger partial charge in [0.25, 0.3) is 5.91 Å². The van der Waals surface area contributed by atoms with Crippen molar-refractivity contribution in [3.63, 3.8) is 0 Å². The molecule has 130 valence electrons. The highest BCUT2D eigenvalue weighted by Gasteiger charge is 2.14. The van der Waals surface area contributed by atoms with Crippen molar-refractivity contribution in [2.75, 3.05) is 11.9 Å². The van der Waals surface area contributed by atoms with Crippen LogP contribution in [0, 0.1) is 12.8 Å². The number of benzene rings is 1. The SMILES string of the molecule is Cc1cc(C(=O)NCC(C)(C)N)ccc1NC(=O)CC(C)C.Cl. The molecule has 0 bridgehead atoms. The van der Waals surface area contributed by atoms with Gasteiger partial charge in [-0.3, -0.25) is 9.59 Å². The molecule has 0 unspecified atom stereocenters. The van der Waals surface area contributed by atoms with E-state index in [1.807, 2.05) is 34.6 Å². The maximum Gasteiger partial charge on any atom is 0.251 e. The normalized spacial score (nSPS) is 10.9. The first kappa shape index (κ1) is 21.4. The third-order valence-electron chi connectivity index (χ3n) is 3.06. The molecule has 1 aromatic rings. The van der Waals surface area contributed by atoms with Crippen molar-refractivity contribution in [1.29, 1.82) is 0 Å². The summed E-state index contributed by atoms with van der Waals surface area (Å²) in [5.41, 5.74) is 7.55. The number of nitrogens with two attached hydrogens (primary N) is 1. The van der Waals surface area contributed by atoms with Crippen molar-refractivity contribution < 1.29 is 9.59 Å². The number of hydrogen-bond donors (Lipinski definition) is 3. The molecule has 2 amide bonds. The van der Waals surface area contributed by atoms with Crippen molar-refractivity contribution in [3.05, 3.63) is 29.3 Å². The number of amides is 2. The van der Waals surface area contributed by atoms with Crippen LogP contribution >= 0.6 is 12.4 Å². The van der Waals surface area contributed by atoms with Crippen molar-refractivity contribution in [1.82, 2.24) is 5.32 Å². The molecule has 0 saturated heterocycles. The van der Waals surface area contributed by atoms with E-state index in [1.165, 1.54) is 0 Å². The van der Waals surface area contributed by atoms with E-state index in [2.05, 4.69) is 10.6 Å². The van der Waals surface area contributed by atoms with Crippen LogP contribution in [0.15, 0.2) is 18.2 Å². The fraction of sp³-hybridized carbons (Fsp3) is 0.529. The minimum Gasteiger partial charge on any atom is -0.350 e. The third-order valence-corrected chi connectivity index (χ3v) is 3.06. The Morgan fingerprint density at radius 1 is 1.26 bits per heavy atom. The molecule has 0 saturated carbocycles. The smallest absolute Gasteiger partial charge is 0.251 e. The Morgan fingerprint density at radius 2 is 1.87 bits per heavy atom. The van der Waals surface area contributed by atoms with Gasteiger partial charge in [0.15, 0.2) is 0 Å².